The number of benzene rings is 1. The zero-order valence-electron chi connectivity index (χ0n) is 12.5. The molecule has 0 amide bonds. The zero-order chi connectivity index (χ0) is 16.4. The second-order valence-corrected chi connectivity index (χ2v) is 6.02. The number of nitrogens with zero attached hydrogens (tertiary/aromatic N) is 1. The van der Waals surface area contributed by atoms with Crippen LogP contribution in [0.3, 0.4) is 0 Å². The smallest absolute Gasteiger partial charge is 0.330 e. The third-order valence-electron chi connectivity index (χ3n) is 3.53. The minimum atomic E-state index is -0.521. The average molecular weight is 332 g/mol. The van der Waals surface area contributed by atoms with E-state index < -0.39 is 11.2 Å². The van der Waals surface area contributed by atoms with E-state index in [0.717, 1.165) is 16.7 Å². The molecule has 0 saturated heterocycles. The standard InChI is InChI=1S/C16H16N2O4S/c1-10-2-4-11(5-3-10)12-8-23-14-13(12)18(9-22-7-6-19)16(21)17-15(14)20/h2-5,8,19H,6-7,9H2,1H3,(H,17,20,21). The molecule has 3 rings (SSSR count). The van der Waals surface area contributed by atoms with Gasteiger partial charge in [-0.25, -0.2) is 4.79 Å². The summed E-state index contributed by atoms with van der Waals surface area (Å²) in [6.45, 7) is 1.97. The van der Waals surface area contributed by atoms with Crippen LogP contribution in [-0.2, 0) is 11.5 Å². The van der Waals surface area contributed by atoms with Gasteiger partial charge in [-0.05, 0) is 12.5 Å². The van der Waals surface area contributed by atoms with E-state index in [0.29, 0.717) is 10.2 Å². The highest BCUT2D eigenvalue weighted by molar-refractivity contribution is 7.17. The number of aromatic nitrogens is 2. The van der Waals surface area contributed by atoms with Crippen LogP contribution >= 0.6 is 11.3 Å². The van der Waals surface area contributed by atoms with Gasteiger partial charge in [0.15, 0.2) is 0 Å². The first-order valence-electron chi connectivity index (χ1n) is 7.12. The van der Waals surface area contributed by atoms with Gasteiger partial charge < -0.3 is 9.84 Å². The van der Waals surface area contributed by atoms with Gasteiger partial charge in [-0.1, -0.05) is 29.8 Å². The van der Waals surface area contributed by atoms with E-state index in [2.05, 4.69) is 4.98 Å². The van der Waals surface area contributed by atoms with E-state index in [1.54, 1.807) is 0 Å². The van der Waals surface area contributed by atoms with Crippen molar-refractivity contribution in [2.24, 2.45) is 0 Å². The number of aromatic amines is 1. The van der Waals surface area contributed by atoms with Crippen molar-refractivity contribution in [3.63, 3.8) is 0 Å². The number of hydrogen-bond donors (Lipinski definition) is 2. The topological polar surface area (TPSA) is 84.3 Å². The summed E-state index contributed by atoms with van der Waals surface area (Å²) in [7, 11) is 0. The minimum Gasteiger partial charge on any atom is -0.394 e. The number of H-pyrrole nitrogens is 1. The Morgan fingerprint density at radius 1 is 1.26 bits per heavy atom. The summed E-state index contributed by atoms with van der Waals surface area (Å²) < 4.78 is 7.14. The molecule has 0 aliphatic carbocycles. The molecule has 0 unspecified atom stereocenters. The fourth-order valence-corrected chi connectivity index (χ4v) is 3.36. The molecule has 0 atom stereocenters. The highest BCUT2D eigenvalue weighted by Crippen LogP contribution is 2.31. The Kier molecular flexibility index (Phi) is 4.42. The third kappa shape index (κ3) is 2.98. The Balaban J connectivity index is 2.21. The van der Waals surface area contributed by atoms with Crippen LogP contribution in [0, 0.1) is 6.92 Å². The van der Waals surface area contributed by atoms with Gasteiger partial charge in [0, 0.05) is 10.9 Å². The summed E-state index contributed by atoms with van der Waals surface area (Å²) in [6, 6.07) is 7.89. The highest BCUT2D eigenvalue weighted by Gasteiger charge is 2.15. The lowest BCUT2D eigenvalue weighted by Gasteiger charge is -2.10. The lowest BCUT2D eigenvalue weighted by atomic mass is 10.1. The van der Waals surface area contributed by atoms with Crippen LogP contribution in [0.4, 0.5) is 0 Å². The Hall–Kier alpha value is -2.22. The van der Waals surface area contributed by atoms with Gasteiger partial charge in [-0.2, -0.15) is 0 Å². The molecule has 23 heavy (non-hydrogen) atoms. The molecule has 120 valence electrons. The van der Waals surface area contributed by atoms with Crippen LogP contribution in [0.1, 0.15) is 5.56 Å². The number of fused-ring (bicyclic) bond motifs is 1. The van der Waals surface area contributed by atoms with Crippen molar-refractivity contribution in [1.82, 2.24) is 9.55 Å². The Morgan fingerprint density at radius 3 is 2.70 bits per heavy atom. The molecule has 3 aromatic rings. The maximum Gasteiger partial charge on any atom is 0.330 e. The molecule has 1 aromatic carbocycles. The Labute approximate surface area is 135 Å². The van der Waals surface area contributed by atoms with Crippen molar-refractivity contribution in [3.05, 3.63) is 56.0 Å². The second-order valence-electron chi connectivity index (χ2n) is 5.14. The number of aliphatic hydroxyl groups excluding tert-OH is 1. The van der Waals surface area contributed by atoms with Crippen molar-refractivity contribution in [2.45, 2.75) is 13.7 Å². The van der Waals surface area contributed by atoms with Crippen LogP contribution in [-0.4, -0.2) is 27.9 Å². The normalized spacial score (nSPS) is 11.2. The lowest BCUT2D eigenvalue weighted by Crippen LogP contribution is -2.30. The number of aliphatic hydroxyl groups is 1. The summed E-state index contributed by atoms with van der Waals surface area (Å²) in [5.41, 5.74) is 2.53. The molecule has 0 fully saturated rings. The first-order chi connectivity index (χ1) is 11.1. The monoisotopic (exact) mass is 332 g/mol. The van der Waals surface area contributed by atoms with Gasteiger partial charge in [-0.3, -0.25) is 14.3 Å². The lowest BCUT2D eigenvalue weighted by molar-refractivity contribution is 0.0481. The van der Waals surface area contributed by atoms with Gasteiger partial charge in [-0.15, -0.1) is 11.3 Å². The van der Waals surface area contributed by atoms with Crippen LogP contribution < -0.4 is 11.2 Å². The molecule has 2 N–H and O–H groups in total. The first kappa shape index (κ1) is 15.7. The average Bonchev–Trinajstić information content (AvgIpc) is 2.97. The second kappa shape index (κ2) is 6.49. The minimum absolute atomic E-state index is 0.0255. The van der Waals surface area contributed by atoms with Crippen LogP contribution in [0.15, 0.2) is 39.2 Å². The van der Waals surface area contributed by atoms with Gasteiger partial charge in [0.05, 0.1) is 18.7 Å². The van der Waals surface area contributed by atoms with E-state index in [-0.39, 0.29) is 19.9 Å². The molecular weight excluding hydrogens is 316 g/mol. The third-order valence-corrected chi connectivity index (χ3v) is 4.49. The molecule has 7 heteroatoms. The summed E-state index contributed by atoms with van der Waals surface area (Å²) in [5.74, 6) is 0. The predicted molar refractivity (Wildman–Crippen MR) is 89.9 cm³/mol. The van der Waals surface area contributed by atoms with Crippen molar-refractivity contribution in [3.8, 4) is 11.1 Å². The number of rotatable bonds is 5. The largest absolute Gasteiger partial charge is 0.394 e. The Bertz CT molecular complexity index is 937. The van der Waals surface area contributed by atoms with Gasteiger partial charge in [0.1, 0.15) is 11.4 Å². The van der Waals surface area contributed by atoms with E-state index in [9.17, 15) is 9.59 Å². The van der Waals surface area contributed by atoms with Crippen LogP contribution in [0.2, 0.25) is 0 Å². The molecule has 0 saturated carbocycles. The molecule has 0 bridgehead atoms. The highest BCUT2D eigenvalue weighted by atomic mass is 32.1. The molecular formula is C16H16N2O4S. The maximum atomic E-state index is 12.2. The molecule has 0 aliphatic heterocycles. The zero-order valence-corrected chi connectivity index (χ0v) is 13.4. The van der Waals surface area contributed by atoms with E-state index >= 15 is 0 Å². The van der Waals surface area contributed by atoms with E-state index in [4.69, 9.17) is 9.84 Å². The number of nitrogens with one attached hydrogen (secondary N) is 1. The van der Waals surface area contributed by atoms with Crippen molar-refractivity contribution in [1.29, 1.82) is 0 Å². The summed E-state index contributed by atoms with van der Waals surface area (Å²) in [5, 5.41) is 10.7. The van der Waals surface area contributed by atoms with E-state index in [1.165, 1.54) is 15.9 Å². The van der Waals surface area contributed by atoms with Crippen molar-refractivity contribution < 1.29 is 9.84 Å². The van der Waals surface area contributed by atoms with Gasteiger partial charge in [0.25, 0.3) is 5.56 Å². The maximum absolute atomic E-state index is 12.2. The Morgan fingerprint density at radius 2 is 2.00 bits per heavy atom. The van der Waals surface area contributed by atoms with Crippen LogP contribution in [0.5, 0.6) is 0 Å². The molecule has 0 aliphatic rings. The number of aryl methyl sites for hydroxylation is 1. The fraction of sp³-hybridized carbons (Fsp3) is 0.250. The first-order valence-corrected chi connectivity index (χ1v) is 7.99. The van der Waals surface area contributed by atoms with Gasteiger partial charge in [0.2, 0.25) is 0 Å². The molecule has 0 spiro atoms. The van der Waals surface area contributed by atoms with Gasteiger partial charge >= 0.3 is 5.69 Å². The molecule has 6 nitrogen and oxygen atoms in total. The van der Waals surface area contributed by atoms with E-state index in [1.807, 2.05) is 36.6 Å². The molecule has 0 radical (unpaired) electrons. The predicted octanol–water partition coefficient (Wildman–Crippen LogP) is 1.69. The number of thiophene rings is 1. The molecule has 2 heterocycles. The molecule has 2 aromatic heterocycles. The SMILES string of the molecule is Cc1ccc(-c2csc3c(=O)[nH]c(=O)n(COCCO)c23)cc1. The fourth-order valence-electron chi connectivity index (χ4n) is 2.39. The number of hydrogen-bond acceptors (Lipinski definition) is 5. The summed E-state index contributed by atoms with van der Waals surface area (Å²) in [4.78, 5) is 26.5. The number of ether oxygens (including phenoxy) is 1. The quantitative estimate of drug-likeness (QED) is 0.697. The van der Waals surface area contributed by atoms with Crippen LogP contribution in [0.25, 0.3) is 21.3 Å². The van der Waals surface area contributed by atoms with Crippen molar-refractivity contribution >= 4 is 21.6 Å². The summed E-state index contributed by atoms with van der Waals surface area (Å²) >= 11 is 1.29. The van der Waals surface area contributed by atoms with Crippen molar-refractivity contribution in [2.75, 3.05) is 13.2 Å². The summed E-state index contributed by atoms with van der Waals surface area (Å²) in [6.07, 6.45) is 0.